The molecule has 1 fully saturated rings. The molecule has 1 N–H and O–H groups in total. The van der Waals surface area contributed by atoms with Crippen LogP contribution in [-0.2, 0) is 22.4 Å². The number of carbonyl (C=O) groups excluding carboxylic acids is 2. The maximum atomic E-state index is 13.8. The van der Waals surface area contributed by atoms with Crippen molar-refractivity contribution in [1.29, 1.82) is 5.26 Å². The van der Waals surface area contributed by atoms with Gasteiger partial charge in [0.1, 0.15) is 16.7 Å². The van der Waals surface area contributed by atoms with Crippen molar-refractivity contribution in [3.05, 3.63) is 106 Å². The normalized spacial score (nSPS) is 16.4. The van der Waals surface area contributed by atoms with Gasteiger partial charge in [-0.05, 0) is 73.1 Å². The Balaban J connectivity index is 1.67. The van der Waals surface area contributed by atoms with Gasteiger partial charge in [-0.1, -0.05) is 93.0 Å². The smallest absolute Gasteiger partial charge is 0.269 e. The topological polar surface area (TPSA) is 73.2 Å². The Hall–Kier alpha value is -3.82. The largest absolute Gasteiger partial charge is 0.321 e. The van der Waals surface area contributed by atoms with Crippen LogP contribution in [0.5, 0.6) is 0 Å². The molecule has 1 saturated heterocycles. The lowest BCUT2D eigenvalue weighted by atomic mass is 10.0. The summed E-state index contributed by atoms with van der Waals surface area (Å²) in [7, 11) is 0. The molecule has 1 aliphatic rings. The lowest BCUT2D eigenvalue weighted by Gasteiger charge is -2.19. The van der Waals surface area contributed by atoms with Crippen LogP contribution in [0.25, 0.3) is 0 Å². The first kappa shape index (κ1) is 28.2. The van der Waals surface area contributed by atoms with E-state index in [1.807, 2.05) is 43.3 Å². The molecule has 0 spiro atoms. The number of aryl methyl sites for hydroxylation is 2. The molecular weight excluding hydrogens is 502 g/mol. The van der Waals surface area contributed by atoms with Crippen molar-refractivity contribution in [2.75, 3.05) is 10.2 Å². The molecule has 0 saturated carbocycles. The van der Waals surface area contributed by atoms with Crippen LogP contribution >= 0.6 is 11.8 Å². The Morgan fingerprint density at radius 2 is 1.64 bits per heavy atom. The van der Waals surface area contributed by atoms with Crippen molar-refractivity contribution in [3.8, 4) is 6.07 Å². The molecule has 200 valence electrons. The zero-order valence-corrected chi connectivity index (χ0v) is 23.8. The summed E-state index contributed by atoms with van der Waals surface area (Å²) in [6.45, 7) is 8.38. The van der Waals surface area contributed by atoms with E-state index in [4.69, 9.17) is 0 Å². The summed E-state index contributed by atoms with van der Waals surface area (Å²) in [6.07, 6.45) is 3.86. The number of benzene rings is 3. The highest BCUT2D eigenvalue weighted by molar-refractivity contribution is 8.05. The summed E-state index contributed by atoms with van der Waals surface area (Å²) in [5, 5.41) is 12.9. The number of nitriles is 1. The number of hydrogen-bond acceptors (Lipinski definition) is 4. The van der Waals surface area contributed by atoms with Gasteiger partial charge in [0.05, 0.1) is 5.25 Å². The predicted molar refractivity (Wildman–Crippen MR) is 161 cm³/mol. The molecule has 2 amide bonds. The summed E-state index contributed by atoms with van der Waals surface area (Å²) in [4.78, 5) is 28.6. The zero-order chi connectivity index (χ0) is 27.9. The summed E-state index contributed by atoms with van der Waals surface area (Å²) in [5.41, 5.74) is 5.75. The highest BCUT2D eigenvalue weighted by atomic mass is 32.2. The predicted octanol–water partition coefficient (Wildman–Crippen LogP) is 7.53. The van der Waals surface area contributed by atoms with Crippen LogP contribution in [0.1, 0.15) is 61.8 Å². The minimum Gasteiger partial charge on any atom is -0.321 e. The van der Waals surface area contributed by atoms with E-state index in [1.165, 1.54) is 17.3 Å². The lowest BCUT2D eigenvalue weighted by Crippen LogP contribution is -2.31. The summed E-state index contributed by atoms with van der Waals surface area (Å²) >= 11 is 1.29. The molecule has 3 aromatic carbocycles. The standard InChI is InChI=1S/C33H35N3O2S/c1-5-6-7-24-10-12-25(13-11-24)20-30-32(38)36(28-18-14-26(15-19-28)22(2)3)33(39-30)29(21-34)31(37)35-27-16-8-23(4)9-17-27/h8-19,22,30H,5-7,20H2,1-4H3,(H,35,37)/b33-29-. The molecule has 6 heteroatoms. The van der Waals surface area contributed by atoms with Gasteiger partial charge in [-0.2, -0.15) is 5.26 Å². The van der Waals surface area contributed by atoms with Crippen molar-refractivity contribution < 1.29 is 9.59 Å². The maximum Gasteiger partial charge on any atom is 0.269 e. The van der Waals surface area contributed by atoms with Crippen LogP contribution < -0.4 is 10.2 Å². The molecule has 0 bridgehead atoms. The van der Waals surface area contributed by atoms with E-state index in [0.717, 1.165) is 36.0 Å². The first-order chi connectivity index (χ1) is 18.8. The molecule has 39 heavy (non-hydrogen) atoms. The quantitative estimate of drug-likeness (QED) is 0.226. The number of amides is 2. The van der Waals surface area contributed by atoms with Crippen LogP contribution in [0.2, 0.25) is 0 Å². The monoisotopic (exact) mass is 537 g/mol. The Bertz CT molecular complexity index is 1380. The summed E-state index contributed by atoms with van der Waals surface area (Å²) in [6, 6.07) is 25.7. The third-order valence-electron chi connectivity index (χ3n) is 6.90. The fourth-order valence-electron chi connectivity index (χ4n) is 4.50. The number of unbranched alkanes of at least 4 members (excludes halogenated alkanes) is 1. The molecule has 1 atom stereocenters. The minimum absolute atomic E-state index is 0.0701. The Labute approximate surface area is 235 Å². The average Bonchev–Trinajstić information content (AvgIpc) is 3.25. The van der Waals surface area contributed by atoms with Crippen molar-refractivity contribution in [2.45, 2.75) is 64.5 Å². The molecule has 1 aliphatic heterocycles. The molecule has 0 aromatic heterocycles. The fourth-order valence-corrected chi connectivity index (χ4v) is 5.81. The molecule has 1 heterocycles. The van der Waals surface area contributed by atoms with Crippen molar-refractivity contribution in [3.63, 3.8) is 0 Å². The van der Waals surface area contributed by atoms with Crippen molar-refractivity contribution >= 4 is 35.0 Å². The van der Waals surface area contributed by atoms with E-state index in [0.29, 0.717) is 28.7 Å². The van der Waals surface area contributed by atoms with Crippen LogP contribution in [0.3, 0.4) is 0 Å². The number of carbonyl (C=O) groups is 2. The second-order valence-electron chi connectivity index (χ2n) is 10.3. The van der Waals surface area contributed by atoms with Crippen LogP contribution in [-0.4, -0.2) is 17.1 Å². The second kappa shape index (κ2) is 12.8. The number of anilines is 2. The molecule has 4 rings (SSSR count). The van der Waals surface area contributed by atoms with Gasteiger partial charge in [0.2, 0.25) is 5.91 Å². The molecule has 0 aliphatic carbocycles. The molecule has 0 radical (unpaired) electrons. The van der Waals surface area contributed by atoms with Crippen LogP contribution in [0.15, 0.2) is 83.4 Å². The summed E-state index contributed by atoms with van der Waals surface area (Å²) in [5.74, 6) is -0.305. The number of nitrogens with zero attached hydrogens (tertiary/aromatic N) is 2. The van der Waals surface area contributed by atoms with Gasteiger partial charge in [-0.15, -0.1) is 0 Å². The minimum atomic E-state index is -0.526. The lowest BCUT2D eigenvalue weighted by molar-refractivity contribution is -0.117. The first-order valence-electron chi connectivity index (χ1n) is 13.5. The van der Waals surface area contributed by atoms with E-state index < -0.39 is 11.2 Å². The van der Waals surface area contributed by atoms with E-state index >= 15 is 0 Å². The van der Waals surface area contributed by atoms with Gasteiger partial charge in [-0.3, -0.25) is 14.5 Å². The van der Waals surface area contributed by atoms with Crippen molar-refractivity contribution in [2.24, 2.45) is 0 Å². The number of nitrogens with one attached hydrogen (secondary N) is 1. The average molecular weight is 538 g/mol. The summed E-state index contributed by atoms with van der Waals surface area (Å²) < 4.78 is 0. The van der Waals surface area contributed by atoms with Gasteiger partial charge < -0.3 is 5.32 Å². The number of hydrogen-bond donors (Lipinski definition) is 1. The van der Waals surface area contributed by atoms with Gasteiger partial charge in [-0.25, -0.2) is 0 Å². The van der Waals surface area contributed by atoms with E-state index in [1.54, 1.807) is 17.0 Å². The molecule has 1 unspecified atom stereocenters. The molecule has 5 nitrogen and oxygen atoms in total. The first-order valence-corrected chi connectivity index (χ1v) is 14.4. The van der Waals surface area contributed by atoms with Crippen LogP contribution in [0.4, 0.5) is 11.4 Å². The number of thioether (sulfide) groups is 1. The van der Waals surface area contributed by atoms with Gasteiger partial charge >= 0.3 is 0 Å². The fraction of sp³-hybridized carbons (Fsp3) is 0.303. The SMILES string of the molecule is CCCCc1ccc(CC2S/C(=C(/C#N)C(=O)Nc3ccc(C)cc3)N(c3ccc(C(C)C)cc3)C2=O)cc1. The third kappa shape index (κ3) is 6.79. The van der Waals surface area contributed by atoms with Gasteiger partial charge in [0, 0.05) is 11.4 Å². The second-order valence-corrected chi connectivity index (χ2v) is 11.5. The molecular formula is C33H35N3O2S. The van der Waals surface area contributed by atoms with E-state index in [-0.39, 0.29) is 11.5 Å². The zero-order valence-electron chi connectivity index (χ0n) is 23.0. The van der Waals surface area contributed by atoms with Crippen molar-refractivity contribution in [1.82, 2.24) is 0 Å². The molecule has 3 aromatic rings. The van der Waals surface area contributed by atoms with Crippen LogP contribution in [0, 0.1) is 18.3 Å². The number of rotatable bonds is 9. The van der Waals surface area contributed by atoms with E-state index in [9.17, 15) is 14.9 Å². The maximum absolute atomic E-state index is 13.8. The van der Waals surface area contributed by atoms with Gasteiger partial charge in [0.25, 0.3) is 5.91 Å². The highest BCUT2D eigenvalue weighted by Crippen LogP contribution is 2.42. The Kier molecular flexibility index (Phi) is 9.27. The van der Waals surface area contributed by atoms with Gasteiger partial charge in [0.15, 0.2) is 0 Å². The Morgan fingerprint density at radius 3 is 2.23 bits per heavy atom. The highest BCUT2D eigenvalue weighted by Gasteiger charge is 2.40. The van der Waals surface area contributed by atoms with E-state index in [2.05, 4.69) is 56.4 Å². The third-order valence-corrected chi connectivity index (χ3v) is 8.16. The Morgan fingerprint density at radius 1 is 1.00 bits per heavy atom.